The van der Waals surface area contributed by atoms with Crippen LogP contribution in [0.25, 0.3) is 0 Å². The molecule has 2 bridgehead atoms. The minimum atomic E-state index is 0.0752. The third kappa shape index (κ3) is 0.752. The molecule has 0 saturated heterocycles. The molecule has 0 aliphatic heterocycles. The average molecular weight is 152 g/mol. The van der Waals surface area contributed by atoms with Crippen molar-refractivity contribution in [3.63, 3.8) is 0 Å². The molecule has 3 rings (SSSR count). The molecule has 0 amide bonds. The van der Waals surface area contributed by atoms with Gasteiger partial charge < -0.3 is 5.11 Å². The van der Waals surface area contributed by atoms with E-state index in [9.17, 15) is 5.11 Å². The summed E-state index contributed by atoms with van der Waals surface area (Å²) in [5.74, 6) is 3.61. The first-order valence-corrected chi connectivity index (χ1v) is 5.02. The van der Waals surface area contributed by atoms with Gasteiger partial charge in [0.05, 0.1) is 6.10 Å². The molecule has 5 unspecified atom stereocenters. The Morgan fingerprint density at radius 1 is 0.909 bits per heavy atom. The minimum absolute atomic E-state index is 0.0752. The number of rotatable bonds is 0. The molecule has 3 aliphatic rings. The summed E-state index contributed by atoms with van der Waals surface area (Å²) >= 11 is 0. The van der Waals surface area contributed by atoms with E-state index in [1.165, 1.54) is 25.7 Å². The maximum absolute atomic E-state index is 9.72. The van der Waals surface area contributed by atoms with Crippen molar-refractivity contribution in [2.24, 2.45) is 23.7 Å². The molecule has 3 fully saturated rings. The second-order valence-corrected chi connectivity index (χ2v) is 4.81. The predicted molar refractivity (Wildman–Crippen MR) is 43.1 cm³/mol. The first kappa shape index (κ1) is 6.47. The van der Waals surface area contributed by atoms with Crippen LogP contribution in [0.4, 0.5) is 0 Å². The molecular weight excluding hydrogens is 136 g/mol. The number of hydrogen-bond donors (Lipinski definition) is 1. The van der Waals surface area contributed by atoms with Crippen molar-refractivity contribution in [2.45, 2.75) is 38.2 Å². The van der Waals surface area contributed by atoms with Crippen molar-refractivity contribution in [1.82, 2.24) is 0 Å². The zero-order valence-electron chi connectivity index (χ0n) is 6.87. The Balaban J connectivity index is 1.92. The summed E-state index contributed by atoms with van der Waals surface area (Å²) in [4.78, 5) is 0. The molecule has 0 radical (unpaired) electrons. The standard InChI is InChI=1S/C10H16O/c11-10-5-7-3-6-1-2-8(10)9(7)4-6/h6-11H,1-5H2. The molecule has 1 heteroatoms. The van der Waals surface area contributed by atoms with Gasteiger partial charge in [-0.05, 0) is 49.4 Å². The predicted octanol–water partition coefficient (Wildman–Crippen LogP) is 1.80. The summed E-state index contributed by atoms with van der Waals surface area (Å²) in [6.45, 7) is 0. The lowest BCUT2D eigenvalue weighted by Crippen LogP contribution is -2.23. The van der Waals surface area contributed by atoms with E-state index in [4.69, 9.17) is 0 Å². The fraction of sp³-hybridized carbons (Fsp3) is 1.00. The van der Waals surface area contributed by atoms with E-state index >= 15 is 0 Å². The molecule has 62 valence electrons. The largest absolute Gasteiger partial charge is 0.393 e. The summed E-state index contributed by atoms with van der Waals surface area (Å²) in [5.41, 5.74) is 0. The Morgan fingerprint density at radius 2 is 1.82 bits per heavy atom. The van der Waals surface area contributed by atoms with Crippen molar-refractivity contribution in [1.29, 1.82) is 0 Å². The van der Waals surface area contributed by atoms with Gasteiger partial charge in [0, 0.05) is 0 Å². The molecular formula is C10H16O. The summed E-state index contributed by atoms with van der Waals surface area (Å²) in [6, 6.07) is 0. The third-order valence-corrected chi connectivity index (χ3v) is 4.34. The lowest BCUT2D eigenvalue weighted by atomic mass is 9.80. The van der Waals surface area contributed by atoms with Gasteiger partial charge in [-0.2, -0.15) is 0 Å². The SMILES string of the molecule is OC1CC2CC3CCC1C2C3. The Hall–Kier alpha value is -0.0400. The molecule has 1 N–H and O–H groups in total. The molecule has 0 aromatic carbocycles. The molecule has 0 spiro atoms. The molecule has 0 aromatic rings. The van der Waals surface area contributed by atoms with Gasteiger partial charge in [-0.25, -0.2) is 0 Å². The highest BCUT2D eigenvalue weighted by molar-refractivity contribution is 5.00. The Kier molecular flexibility index (Phi) is 1.18. The third-order valence-electron chi connectivity index (χ3n) is 4.34. The highest BCUT2D eigenvalue weighted by Gasteiger charge is 2.50. The fourth-order valence-corrected chi connectivity index (χ4v) is 3.91. The number of aliphatic hydroxyl groups is 1. The van der Waals surface area contributed by atoms with Crippen LogP contribution < -0.4 is 0 Å². The lowest BCUT2D eigenvalue weighted by Gasteiger charge is -2.27. The van der Waals surface area contributed by atoms with Crippen LogP contribution >= 0.6 is 0 Å². The zero-order valence-corrected chi connectivity index (χ0v) is 6.87. The van der Waals surface area contributed by atoms with Gasteiger partial charge in [-0.15, -0.1) is 0 Å². The highest BCUT2D eigenvalue weighted by atomic mass is 16.3. The molecule has 5 atom stereocenters. The molecule has 0 heterocycles. The van der Waals surface area contributed by atoms with Gasteiger partial charge >= 0.3 is 0 Å². The molecule has 1 nitrogen and oxygen atoms in total. The molecule has 0 aromatic heterocycles. The van der Waals surface area contributed by atoms with Crippen LogP contribution in [-0.2, 0) is 0 Å². The topological polar surface area (TPSA) is 20.2 Å². The van der Waals surface area contributed by atoms with E-state index < -0.39 is 0 Å². The zero-order chi connectivity index (χ0) is 7.42. The van der Waals surface area contributed by atoms with Crippen molar-refractivity contribution < 1.29 is 5.11 Å². The van der Waals surface area contributed by atoms with Crippen LogP contribution in [0.1, 0.15) is 32.1 Å². The van der Waals surface area contributed by atoms with Crippen LogP contribution in [0, 0.1) is 23.7 Å². The van der Waals surface area contributed by atoms with Gasteiger partial charge in [-0.1, -0.05) is 6.42 Å². The van der Waals surface area contributed by atoms with Crippen molar-refractivity contribution >= 4 is 0 Å². The lowest BCUT2D eigenvalue weighted by molar-refractivity contribution is 0.0865. The maximum Gasteiger partial charge on any atom is 0.0573 e. The number of fused-ring (bicyclic) bond motifs is 1. The molecule has 11 heavy (non-hydrogen) atoms. The van der Waals surface area contributed by atoms with Crippen LogP contribution in [0.3, 0.4) is 0 Å². The van der Waals surface area contributed by atoms with Crippen LogP contribution in [0.2, 0.25) is 0 Å². The van der Waals surface area contributed by atoms with E-state index in [1.807, 2.05) is 0 Å². The Morgan fingerprint density at radius 3 is 2.73 bits per heavy atom. The van der Waals surface area contributed by atoms with Gasteiger partial charge in [0.2, 0.25) is 0 Å². The number of hydrogen-bond acceptors (Lipinski definition) is 1. The monoisotopic (exact) mass is 152 g/mol. The summed E-state index contributed by atoms with van der Waals surface area (Å²) in [5, 5.41) is 9.72. The second-order valence-electron chi connectivity index (χ2n) is 4.81. The number of aliphatic hydroxyl groups excluding tert-OH is 1. The van der Waals surface area contributed by atoms with Crippen LogP contribution in [-0.4, -0.2) is 11.2 Å². The summed E-state index contributed by atoms with van der Waals surface area (Å²) in [6.07, 6.45) is 6.84. The van der Waals surface area contributed by atoms with E-state index in [2.05, 4.69) is 0 Å². The first-order chi connectivity index (χ1) is 5.34. The molecule has 3 saturated carbocycles. The van der Waals surface area contributed by atoms with Gasteiger partial charge in [0.1, 0.15) is 0 Å². The molecule has 3 aliphatic carbocycles. The van der Waals surface area contributed by atoms with Crippen LogP contribution in [0.15, 0.2) is 0 Å². The highest BCUT2D eigenvalue weighted by Crippen LogP contribution is 2.56. The van der Waals surface area contributed by atoms with Gasteiger partial charge in [-0.3, -0.25) is 0 Å². The van der Waals surface area contributed by atoms with Crippen molar-refractivity contribution in [3.05, 3.63) is 0 Å². The van der Waals surface area contributed by atoms with Gasteiger partial charge in [0.25, 0.3) is 0 Å². The van der Waals surface area contributed by atoms with Crippen molar-refractivity contribution in [2.75, 3.05) is 0 Å². The quantitative estimate of drug-likeness (QED) is 0.561. The average Bonchev–Trinajstić information content (AvgIpc) is 2.40. The smallest absolute Gasteiger partial charge is 0.0573 e. The Labute approximate surface area is 67.8 Å². The normalized spacial score (nSPS) is 60.3. The van der Waals surface area contributed by atoms with Gasteiger partial charge in [0.15, 0.2) is 0 Å². The van der Waals surface area contributed by atoms with E-state index in [0.29, 0.717) is 5.92 Å². The first-order valence-electron chi connectivity index (χ1n) is 5.02. The van der Waals surface area contributed by atoms with E-state index in [1.54, 1.807) is 0 Å². The van der Waals surface area contributed by atoms with Crippen molar-refractivity contribution in [3.8, 4) is 0 Å². The van der Waals surface area contributed by atoms with Crippen LogP contribution in [0.5, 0.6) is 0 Å². The maximum atomic E-state index is 9.72. The van der Waals surface area contributed by atoms with E-state index in [0.717, 1.165) is 24.2 Å². The Bertz CT molecular complexity index is 174. The minimum Gasteiger partial charge on any atom is -0.393 e. The van der Waals surface area contributed by atoms with E-state index in [-0.39, 0.29) is 6.10 Å². The second kappa shape index (κ2) is 2.01. The summed E-state index contributed by atoms with van der Waals surface area (Å²) in [7, 11) is 0. The summed E-state index contributed by atoms with van der Waals surface area (Å²) < 4.78 is 0. The fourth-order valence-electron chi connectivity index (χ4n) is 3.91.